The van der Waals surface area contributed by atoms with E-state index < -0.39 is 24.3 Å². The molecule has 4 aromatic rings. The molecule has 0 radical (unpaired) electrons. The number of amides is 2. The highest BCUT2D eigenvalue weighted by Crippen LogP contribution is 2.35. The Kier molecular flexibility index (Phi) is 10.8. The van der Waals surface area contributed by atoms with Gasteiger partial charge in [0.1, 0.15) is 19.0 Å². The lowest BCUT2D eigenvalue weighted by atomic mass is 9.95. The monoisotopic (exact) mass is 658 g/mol. The van der Waals surface area contributed by atoms with Gasteiger partial charge in [0.15, 0.2) is 17.7 Å². The standard InChI is InChI=1S/C35H35ClN4O7/c1-4-45-30-17-23(33-32(34(42)44-3)21(2)38-35(43)39-33)12-14-29(30)47-20-31(41)40-37-18-25-16-26(36)13-15-28(25)46-19-24-10-7-9-22-8-5-6-11-27(22)24/h5-18,31,33,40-41H,4,19-20H2,1-3H3,(H2,38,39,43)/b37-18+/t31-,33-/m1/s1. The number of hydrazone groups is 1. The molecule has 47 heavy (non-hydrogen) atoms. The lowest BCUT2D eigenvalue weighted by molar-refractivity contribution is -0.136. The van der Waals surface area contributed by atoms with Crippen LogP contribution in [0.2, 0.25) is 5.02 Å². The Morgan fingerprint density at radius 3 is 2.62 bits per heavy atom. The summed E-state index contributed by atoms with van der Waals surface area (Å²) in [7, 11) is 1.28. The van der Waals surface area contributed by atoms with Crippen molar-refractivity contribution < 1.29 is 33.6 Å². The summed E-state index contributed by atoms with van der Waals surface area (Å²) in [5, 5.41) is 22.8. The maximum Gasteiger partial charge on any atom is 0.337 e. The predicted molar refractivity (Wildman–Crippen MR) is 179 cm³/mol. The SMILES string of the molecule is CCOc1cc([C@H]2NC(=O)NC(C)=C2C(=O)OC)ccc1OC[C@@H](O)N/N=C/c1cc(Cl)ccc1OCc1cccc2ccccc12. The molecule has 12 heteroatoms. The van der Waals surface area contributed by atoms with Crippen LogP contribution in [0.4, 0.5) is 4.79 Å². The summed E-state index contributed by atoms with van der Waals surface area (Å²) < 4.78 is 22.7. The van der Waals surface area contributed by atoms with Crippen molar-refractivity contribution in [2.24, 2.45) is 5.10 Å². The van der Waals surface area contributed by atoms with Crippen molar-refractivity contribution in [1.82, 2.24) is 16.1 Å². The molecular weight excluding hydrogens is 624 g/mol. The van der Waals surface area contributed by atoms with Crippen LogP contribution in [0.15, 0.2) is 95.2 Å². The molecule has 1 aliphatic rings. The van der Waals surface area contributed by atoms with E-state index in [4.69, 9.17) is 30.5 Å². The van der Waals surface area contributed by atoms with Crippen LogP contribution in [0.25, 0.3) is 10.8 Å². The molecule has 0 saturated heterocycles. The Hall–Kier alpha value is -5.26. The van der Waals surface area contributed by atoms with Crippen molar-refractivity contribution in [3.63, 3.8) is 0 Å². The minimum absolute atomic E-state index is 0.173. The number of allylic oxidation sites excluding steroid dienone is 1. The first kappa shape index (κ1) is 33.1. The highest BCUT2D eigenvalue weighted by molar-refractivity contribution is 6.30. The fourth-order valence-electron chi connectivity index (χ4n) is 5.14. The van der Waals surface area contributed by atoms with E-state index in [1.807, 2.05) is 31.2 Å². The minimum Gasteiger partial charge on any atom is -0.490 e. The molecular formula is C35H35ClN4O7. The Balaban J connectivity index is 1.23. The van der Waals surface area contributed by atoms with Gasteiger partial charge in [-0.15, -0.1) is 0 Å². The number of hydrogen-bond acceptors (Lipinski definition) is 9. The quantitative estimate of drug-likeness (QED) is 0.0631. The third kappa shape index (κ3) is 8.13. The first-order valence-corrected chi connectivity index (χ1v) is 15.3. The summed E-state index contributed by atoms with van der Waals surface area (Å²) in [6.45, 7) is 3.94. The zero-order valence-electron chi connectivity index (χ0n) is 26.1. The molecule has 4 N–H and O–H groups in total. The number of aliphatic hydroxyl groups is 1. The number of carbonyl (C=O) groups excluding carboxylic acids is 2. The zero-order valence-corrected chi connectivity index (χ0v) is 26.8. The molecule has 4 aromatic carbocycles. The van der Waals surface area contributed by atoms with Gasteiger partial charge in [0, 0.05) is 16.3 Å². The molecule has 11 nitrogen and oxygen atoms in total. The van der Waals surface area contributed by atoms with E-state index in [1.54, 1.807) is 43.3 Å². The molecule has 2 atom stereocenters. The molecule has 0 saturated carbocycles. The Morgan fingerprint density at radius 1 is 1.02 bits per heavy atom. The second-order valence-electron chi connectivity index (χ2n) is 10.5. The zero-order chi connectivity index (χ0) is 33.3. The summed E-state index contributed by atoms with van der Waals surface area (Å²) in [6, 6.07) is 23.2. The first-order valence-electron chi connectivity index (χ1n) is 14.9. The molecule has 1 heterocycles. The maximum atomic E-state index is 12.5. The fraction of sp³-hybridized carbons (Fsp3) is 0.229. The number of esters is 1. The summed E-state index contributed by atoms with van der Waals surface area (Å²) in [6.07, 6.45) is 0.329. The van der Waals surface area contributed by atoms with Crippen molar-refractivity contribution in [2.45, 2.75) is 32.7 Å². The number of ether oxygens (including phenoxy) is 4. The first-order chi connectivity index (χ1) is 22.8. The van der Waals surface area contributed by atoms with Crippen molar-refractivity contribution >= 4 is 40.6 Å². The molecule has 1 aliphatic heterocycles. The van der Waals surface area contributed by atoms with E-state index in [2.05, 4.69) is 39.4 Å². The molecule has 0 unspecified atom stereocenters. The van der Waals surface area contributed by atoms with Gasteiger partial charge in [-0.1, -0.05) is 60.1 Å². The van der Waals surface area contributed by atoms with E-state index in [9.17, 15) is 14.7 Å². The second kappa shape index (κ2) is 15.4. The molecule has 0 aliphatic carbocycles. The lowest BCUT2D eigenvalue weighted by Crippen LogP contribution is -2.45. The summed E-state index contributed by atoms with van der Waals surface area (Å²) in [5.74, 6) is 0.710. The Morgan fingerprint density at radius 2 is 1.81 bits per heavy atom. The van der Waals surface area contributed by atoms with Crippen LogP contribution in [0.3, 0.4) is 0 Å². The summed E-state index contributed by atoms with van der Waals surface area (Å²) in [5.41, 5.74) is 5.54. The third-order valence-corrected chi connectivity index (χ3v) is 7.57. The van der Waals surface area contributed by atoms with Gasteiger partial charge in [-0.25, -0.2) is 9.59 Å². The maximum absolute atomic E-state index is 12.5. The van der Waals surface area contributed by atoms with Gasteiger partial charge < -0.3 is 34.7 Å². The van der Waals surface area contributed by atoms with Crippen LogP contribution in [0.1, 0.15) is 36.6 Å². The van der Waals surface area contributed by atoms with Crippen LogP contribution in [-0.4, -0.2) is 49.9 Å². The Labute approximate surface area is 277 Å². The molecule has 2 amide bonds. The number of rotatable bonds is 13. The van der Waals surface area contributed by atoms with Gasteiger partial charge in [0.2, 0.25) is 0 Å². The van der Waals surface area contributed by atoms with E-state index in [-0.39, 0.29) is 12.2 Å². The number of nitrogens with zero attached hydrogens (tertiary/aromatic N) is 1. The summed E-state index contributed by atoms with van der Waals surface area (Å²) >= 11 is 6.25. The molecule has 0 spiro atoms. The van der Waals surface area contributed by atoms with E-state index >= 15 is 0 Å². The average Bonchev–Trinajstić information content (AvgIpc) is 3.06. The molecule has 244 valence electrons. The van der Waals surface area contributed by atoms with Crippen LogP contribution < -0.4 is 30.3 Å². The average molecular weight is 659 g/mol. The fourth-order valence-corrected chi connectivity index (χ4v) is 5.32. The van der Waals surface area contributed by atoms with Gasteiger partial charge in [-0.05, 0) is 66.1 Å². The third-order valence-electron chi connectivity index (χ3n) is 7.33. The number of halogens is 1. The van der Waals surface area contributed by atoms with E-state index in [1.165, 1.54) is 13.3 Å². The number of nitrogens with one attached hydrogen (secondary N) is 3. The Bertz CT molecular complexity index is 1820. The number of aliphatic hydroxyl groups excluding tert-OH is 1. The molecule has 0 fully saturated rings. The van der Waals surface area contributed by atoms with Crippen LogP contribution in [-0.2, 0) is 16.1 Å². The number of benzene rings is 4. The topological polar surface area (TPSA) is 140 Å². The molecule has 0 bridgehead atoms. The molecule has 5 rings (SSSR count). The van der Waals surface area contributed by atoms with Crippen LogP contribution >= 0.6 is 11.6 Å². The van der Waals surface area contributed by atoms with Gasteiger partial charge in [-0.2, -0.15) is 5.10 Å². The smallest absolute Gasteiger partial charge is 0.337 e. The number of carbonyl (C=O) groups is 2. The van der Waals surface area contributed by atoms with Crippen LogP contribution in [0, 0.1) is 0 Å². The van der Waals surface area contributed by atoms with Crippen molar-refractivity contribution in [2.75, 3.05) is 20.3 Å². The van der Waals surface area contributed by atoms with Gasteiger partial charge in [0.05, 0.1) is 31.5 Å². The predicted octanol–water partition coefficient (Wildman–Crippen LogP) is 5.59. The van der Waals surface area contributed by atoms with Crippen molar-refractivity contribution in [3.8, 4) is 17.2 Å². The normalized spacial score (nSPS) is 15.2. The number of hydrogen-bond donors (Lipinski definition) is 4. The summed E-state index contributed by atoms with van der Waals surface area (Å²) in [4.78, 5) is 24.7. The lowest BCUT2D eigenvalue weighted by Gasteiger charge is -2.28. The van der Waals surface area contributed by atoms with Crippen molar-refractivity contribution in [3.05, 3.63) is 112 Å². The number of methoxy groups -OCH3 is 1. The second-order valence-corrected chi connectivity index (χ2v) is 11.0. The van der Waals surface area contributed by atoms with Gasteiger partial charge >= 0.3 is 12.0 Å². The van der Waals surface area contributed by atoms with E-state index in [0.29, 0.717) is 52.3 Å². The molecule has 0 aromatic heterocycles. The van der Waals surface area contributed by atoms with Crippen molar-refractivity contribution in [1.29, 1.82) is 0 Å². The highest BCUT2D eigenvalue weighted by Gasteiger charge is 2.32. The van der Waals surface area contributed by atoms with Crippen LogP contribution in [0.5, 0.6) is 17.2 Å². The highest BCUT2D eigenvalue weighted by atomic mass is 35.5. The number of urea groups is 1. The number of fused-ring (bicyclic) bond motifs is 1. The van der Waals surface area contributed by atoms with E-state index in [0.717, 1.165) is 16.3 Å². The van der Waals surface area contributed by atoms with Gasteiger partial charge in [-0.3, -0.25) is 5.43 Å². The minimum atomic E-state index is -1.18. The van der Waals surface area contributed by atoms with Gasteiger partial charge in [0.25, 0.3) is 0 Å². The largest absolute Gasteiger partial charge is 0.490 e.